The highest BCUT2D eigenvalue weighted by atomic mass is 14.9. The Bertz CT molecular complexity index is 441. The fraction of sp³-hybridized carbons (Fsp3) is 0.200. The maximum absolute atomic E-state index is 5.79. The SMILES string of the molecule is CC(N)c1nccnc1-c1ncccn1. The molecule has 2 aromatic rings. The minimum absolute atomic E-state index is 0.183. The van der Waals surface area contributed by atoms with Gasteiger partial charge in [0.05, 0.1) is 5.69 Å². The van der Waals surface area contributed by atoms with Gasteiger partial charge in [0.25, 0.3) is 0 Å². The van der Waals surface area contributed by atoms with Crippen LogP contribution in [0.5, 0.6) is 0 Å². The van der Waals surface area contributed by atoms with E-state index in [9.17, 15) is 0 Å². The molecule has 0 aromatic carbocycles. The van der Waals surface area contributed by atoms with Crippen molar-refractivity contribution in [3.8, 4) is 11.5 Å². The summed E-state index contributed by atoms with van der Waals surface area (Å²) >= 11 is 0. The Hall–Kier alpha value is -1.88. The molecule has 0 amide bonds. The molecule has 1 atom stereocenters. The van der Waals surface area contributed by atoms with Crippen LogP contribution in [-0.4, -0.2) is 19.9 Å². The third-order valence-electron chi connectivity index (χ3n) is 1.94. The molecule has 5 nitrogen and oxygen atoms in total. The topological polar surface area (TPSA) is 77.6 Å². The van der Waals surface area contributed by atoms with E-state index in [0.29, 0.717) is 17.2 Å². The minimum atomic E-state index is -0.183. The molecule has 1 unspecified atom stereocenters. The Morgan fingerprint density at radius 3 is 2.33 bits per heavy atom. The van der Waals surface area contributed by atoms with Gasteiger partial charge < -0.3 is 5.73 Å². The molecule has 2 aromatic heterocycles. The third-order valence-corrected chi connectivity index (χ3v) is 1.94. The first-order chi connectivity index (χ1) is 7.29. The van der Waals surface area contributed by atoms with Crippen LogP contribution >= 0.6 is 0 Å². The molecule has 0 aliphatic heterocycles. The summed E-state index contributed by atoms with van der Waals surface area (Å²) in [5, 5.41) is 0. The molecule has 0 bridgehead atoms. The van der Waals surface area contributed by atoms with Gasteiger partial charge in [0.1, 0.15) is 5.69 Å². The number of nitrogens with zero attached hydrogens (tertiary/aromatic N) is 4. The summed E-state index contributed by atoms with van der Waals surface area (Å²) in [4.78, 5) is 16.6. The van der Waals surface area contributed by atoms with Crippen molar-refractivity contribution in [2.45, 2.75) is 13.0 Å². The first kappa shape index (κ1) is 9.67. The minimum Gasteiger partial charge on any atom is -0.323 e. The summed E-state index contributed by atoms with van der Waals surface area (Å²) in [5.41, 5.74) is 7.15. The summed E-state index contributed by atoms with van der Waals surface area (Å²) in [6, 6.07) is 1.57. The van der Waals surface area contributed by atoms with Crippen molar-refractivity contribution < 1.29 is 0 Å². The van der Waals surface area contributed by atoms with E-state index in [2.05, 4.69) is 19.9 Å². The summed E-state index contributed by atoms with van der Waals surface area (Å²) in [5.74, 6) is 0.554. The number of rotatable bonds is 2. The van der Waals surface area contributed by atoms with Gasteiger partial charge in [-0.2, -0.15) is 0 Å². The number of nitrogens with two attached hydrogens (primary N) is 1. The van der Waals surface area contributed by atoms with E-state index < -0.39 is 0 Å². The van der Waals surface area contributed by atoms with Crippen LogP contribution in [0.4, 0.5) is 0 Å². The van der Waals surface area contributed by atoms with Crippen molar-refractivity contribution >= 4 is 0 Å². The largest absolute Gasteiger partial charge is 0.323 e. The van der Waals surface area contributed by atoms with Crippen molar-refractivity contribution in [1.29, 1.82) is 0 Å². The third kappa shape index (κ3) is 1.97. The molecular formula is C10H11N5. The van der Waals surface area contributed by atoms with Gasteiger partial charge >= 0.3 is 0 Å². The van der Waals surface area contributed by atoms with Crippen LogP contribution in [0.1, 0.15) is 18.7 Å². The van der Waals surface area contributed by atoms with E-state index >= 15 is 0 Å². The first-order valence-corrected chi connectivity index (χ1v) is 4.63. The Balaban J connectivity index is 2.53. The quantitative estimate of drug-likeness (QED) is 0.782. The van der Waals surface area contributed by atoms with Gasteiger partial charge in [-0.25, -0.2) is 15.0 Å². The fourth-order valence-corrected chi connectivity index (χ4v) is 1.28. The van der Waals surface area contributed by atoms with E-state index in [-0.39, 0.29) is 6.04 Å². The van der Waals surface area contributed by atoms with Gasteiger partial charge in [-0.05, 0) is 13.0 Å². The lowest BCUT2D eigenvalue weighted by atomic mass is 10.2. The standard InChI is InChI=1S/C10H11N5/c1-7(11)8-9(13-6-5-12-8)10-14-3-2-4-15-10/h2-7H,11H2,1H3. The van der Waals surface area contributed by atoms with Gasteiger partial charge in [0, 0.05) is 30.8 Å². The summed E-state index contributed by atoms with van der Waals surface area (Å²) in [6.45, 7) is 1.86. The van der Waals surface area contributed by atoms with Gasteiger partial charge in [0.2, 0.25) is 0 Å². The van der Waals surface area contributed by atoms with Gasteiger partial charge in [0.15, 0.2) is 5.82 Å². The molecule has 0 radical (unpaired) electrons. The second-order valence-corrected chi connectivity index (χ2v) is 3.15. The van der Waals surface area contributed by atoms with Crippen molar-refractivity contribution in [3.63, 3.8) is 0 Å². The molecule has 15 heavy (non-hydrogen) atoms. The molecule has 0 aliphatic rings. The number of hydrogen-bond donors (Lipinski definition) is 1. The molecule has 5 heteroatoms. The average molecular weight is 201 g/mol. The number of hydrogen-bond acceptors (Lipinski definition) is 5. The Morgan fingerprint density at radius 1 is 1.00 bits per heavy atom. The maximum Gasteiger partial charge on any atom is 0.180 e. The number of aromatic nitrogens is 4. The molecule has 0 fully saturated rings. The van der Waals surface area contributed by atoms with Crippen LogP contribution in [0, 0.1) is 0 Å². The lowest BCUT2D eigenvalue weighted by Crippen LogP contribution is -2.10. The predicted molar refractivity (Wildman–Crippen MR) is 55.7 cm³/mol. The zero-order valence-electron chi connectivity index (χ0n) is 8.33. The van der Waals surface area contributed by atoms with E-state index in [4.69, 9.17) is 5.73 Å². The molecule has 0 saturated carbocycles. The monoisotopic (exact) mass is 201 g/mol. The lowest BCUT2D eigenvalue weighted by Gasteiger charge is -2.08. The van der Waals surface area contributed by atoms with E-state index in [1.165, 1.54) is 0 Å². The van der Waals surface area contributed by atoms with Crippen LogP contribution in [0.2, 0.25) is 0 Å². The average Bonchev–Trinajstić information content (AvgIpc) is 2.30. The molecule has 0 aliphatic carbocycles. The molecular weight excluding hydrogens is 190 g/mol. The summed E-state index contributed by atoms with van der Waals surface area (Å²) in [6.07, 6.45) is 6.56. The molecule has 2 N–H and O–H groups in total. The normalized spacial score (nSPS) is 12.4. The van der Waals surface area contributed by atoms with Crippen molar-refractivity contribution in [3.05, 3.63) is 36.5 Å². The van der Waals surface area contributed by atoms with Crippen LogP contribution in [0.3, 0.4) is 0 Å². The smallest absolute Gasteiger partial charge is 0.180 e. The van der Waals surface area contributed by atoms with E-state index in [1.807, 2.05) is 6.92 Å². The maximum atomic E-state index is 5.79. The Kier molecular flexibility index (Phi) is 2.64. The highest BCUT2D eigenvalue weighted by Gasteiger charge is 2.12. The van der Waals surface area contributed by atoms with Crippen molar-refractivity contribution in [2.24, 2.45) is 5.73 Å². The van der Waals surface area contributed by atoms with Gasteiger partial charge in [-0.15, -0.1) is 0 Å². The Morgan fingerprint density at radius 2 is 1.67 bits per heavy atom. The van der Waals surface area contributed by atoms with Gasteiger partial charge in [-0.3, -0.25) is 4.98 Å². The second kappa shape index (κ2) is 4.10. The highest BCUT2D eigenvalue weighted by molar-refractivity contribution is 5.52. The summed E-state index contributed by atoms with van der Waals surface area (Å²) < 4.78 is 0. The van der Waals surface area contributed by atoms with Crippen LogP contribution in [0.15, 0.2) is 30.9 Å². The highest BCUT2D eigenvalue weighted by Crippen LogP contribution is 2.18. The molecule has 2 rings (SSSR count). The van der Waals surface area contributed by atoms with Crippen LogP contribution in [0.25, 0.3) is 11.5 Å². The second-order valence-electron chi connectivity index (χ2n) is 3.15. The van der Waals surface area contributed by atoms with Gasteiger partial charge in [-0.1, -0.05) is 0 Å². The van der Waals surface area contributed by atoms with E-state index in [0.717, 1.165) is 0 Å². The molecule has 2 heterocycles. The lowest BCUT2D eigenvalue weighted by molar-refractivity contribution is 0.773. The van der Waals surface area contributed by atoms with Crippen molar-refractivity contribution in [1.82, 2.24) is 19.9 Å². The first-order valence-electron chi connectivity index (χ1n) is 4.63. The Labute approximate surface area is 87.4 Å². The van der Waals surface area contributed by atoms with Crippen molar-refractivity contribution in [2.75, 3.05) is 0 Å². The zero-order chi connectivity index (χ0) is 10.7. The molecule has 0 spiro atoms. The predicted octanol–water partition coefficient (Wildman–Crippen LogP) is 0.953. The van der Waals surface area contributed by atoms with E-state index in [1.54, 1.807) is 30.9 Å². The van der Waals surface area contributed by atoms with Crippen LogP contribution < -0.4 is 5.73 Å². The molecule has 76 valence electrons. The molecule has 0 saturated heterocycles. The van der Waals surface area contributed by atoms with Crippen LogP contribution in [-0.2, 0) is 0 Å². The zero-order valence-corrected chi connectivity index (χ0v) is 8.33. The summed E-state index contributed by atoms with van der Waals surface area (Å²) in [7, 11) is 0. The fourth-order valence-electron chi connectivity index (χ4n) is 1.28.